The summed E-state index contributed by atoms with van der Waals surface area (Å²) in [5.41, 5.74) is 2.36. The SMILES string of the molecule is Brc1ccc2[nH]c([C@H]3CO3)cc2c1. The third-order valence-corrected chi connectivity index (χ3v) is 2.78. The van der Waals surface area contributed by atoms with Gasteiger partial charge >= 0.3 is 0 Å². The summed E-state index contributed by atoms with van der Waals surface area (Å²) in [4.78, 5) is 3.34. The topological polar surface area (TPSA) is 28.3 Å². The van der Waals surface area contributed by atoms with Gasteiger partial charge in [-0.15, -0.1) is 0 Å². The van der Waals surface area contributed by atoms with Gasteiger partial charge in [0, 0.05) is 21.1 Å². The summed E-state index contributed by atoms with van der Waals surface area (Å²) in [5, 5.41) is 1.24. The number of hydrogen-bond acceptors (Lipinski definition) is 1. The summed E-state index contributed by atoms with van der Waals surface area (Å²) in [6.07, 6.45) is 0.311. The second-order valence-electron chi connectivity index (χ2n) is 3.28. The first-order valence-electron chi connectivity index (χ1n) is 4.23. The van der Waals surface area contributed by atoms with Crippen LogP contribution in [0.2, 0.25) is 0 Å². The van der Waals surface area contributed by atoms with E-state index in [1.54, 1.807) is 0 Å². The van der Waals surface area contributed by atoms with E-state index in [4.69, 9.17) is 4.74 Å². The maximum Gasteiger partial charge on any atom is 0.121 e. The molecule has 66 valence electrons. The molecule has 1 aliphatic heterocycles. The van der Waals surface area contributed by atoms with E-state index in [1.165, 1.54) is 16.6 Å². The van der Waals surface area contributed by atoms with E-state index in [2.05, 4.69) is 39.1 Å². The van der Waals surface area contributed by atoms with Crippen molar-refractivity contribution in [3.05, 3.63) is 34.4 Å². The Morgan fingerprint density at radius 1 is 1.38 bits per heavy atom. The van der Waals surface area contributed by atoms with Crippen LogP contribution in [0, 0.1) is 0 Å². The van der Waals surface area contributed by atoms with E-state index < -0.39 is 0 Å². The van der Waals surface area contributed by atoms with Gasteiger partial charge in [-0.05, 0) is 24.3 Å². The summed E-state index contributed by atoms with van der Waals surface area (Å²) in [5.74, 6) is 0. The Balaban J connectivity index is 2.20. The standard InChI is InChI=1S/C10H8BrNO/c11-7-1-2-8-6(3-7)4-9(12-8)10-5-13-10/h1-4,10,12H,5H2/t10-/m1/s1. The average molecular weight is 238 g/mol. The highest BCUT2D eigenvalue weighted by Crippen LogP contribution is 2.31. The van der Waals surface area contributed by atoms with Gasteiger partial charge in [0.05, 0.1) is 6.61 Å². The molecule has 0 bridgehead atoms. The van der Waals surface area contributed by atoms with Gasteiger partial charge in [-0.2, -0.15) is 0 Å². The molecule has 0 radical (unpaired) electrons. The third-order valence-electron chi connectivity index (χ3n) is 2.28. The summed E-state index contributed by atoms with van der Waals surface area (Å²) in [6.45, 7) is 0.855. The van der Waals surface area contributed by atoms with Crippen molar-refractivity contribution in [2.75, 3.05) is 6.61 Å². The molecule has 2 nitrogen and oxygen atoms in total. The highest BCUT2D eigenvalue weighted by Gasteiger charge is 2.26. The van der Waals surface area contributed by atoms with Crippen LogP contribution < -0.4 is 0 Å². The molecule has 2 aromatic rings. The van der Waals surface area contributed by atoms with Gasteiger partial charge in [-0.25, -0.2) is 0 Å². The van der Waals surface area contributed by atoms with Crippen molar-refractivity contribution < 1.29 is 4.74 Å². The fourth-order valence-electron chi connectivity index (χ4n) is 1.53. The van der Waals surface area contributed by atoms with E-state index in [0.717, 1.165) is 11.1 Å². The number of ether oxygens (including phenoxy) is 1. The number of H-pyrrole nitrogens is 1. The lowest BCUT2D eigenvalue weighted by Crippen LogP contribution is -1.76. The average Bonchev–Trinajstić information content (AvgIpc) is 2.87. The van der Waals surface area contributed by atoms with Crippen LogP contribution >= 0.6 is 15.9 Å². The molecule has 3 heteroatoms. The van der Waals surface area contributed by atoms with Crippen LogP contribution in [0.4, 0.5) is 0 Å². The molecule has 0 unspecified atom stereocenters. The first kappa shape index (κ1) is 7.59. The van der Waals surface area contributed by atoms with Crippen molar-refractivity contribution in [3.63, 3.8) is 0 Å². The molecule has 0 saturated carbocycles. The van der Waals surface area contributed by atoms with Crippen LogP contribution in [-0.4, -0.2) is 11.6 Å². The minimum Gasteiger partial charge on any atom is -0.366 e. The Kier molecular flexibility index (Phi) is 1.51. The molecule has 2 heterocycles. The first-order chi connectivity index (χ1) is 6.33. The van der Waals surface area contributed by atoms with Gasteiger partial charge in [-0.3, -0.25) is 0 Å². The van der Waals surface area contributed by atoms with Gasteiger partial charge in [0.1, 0.15) is 6.10 Å². The number of hydrogen-bond donors (Lipinski definition) is 1. The molecule has 0 spiro atoms. The molecule has 3 rings (SSSR count). The molecule has 1 aromatic carbocycles. The minimum atomic E-state index is 0.311. The molecule has 1 aliphatic rings. The Morgan fingerprint density at radius 3 is 3.00 bits per heavy atom. The maximum atomic E-state index is 5.21. The number of benzene rings is 1. The fraction of sp³-hybridized carbons (Fsp3) is 0.200. The largest absolute Gasteiger partial charge is 0.366 e. The van der Waals surface area contributed by atoms with Crippen LogP contribution in [-0.2, 0) is 4.74 Å². The first-order valence-corrected chi connectivity index (χ1v) is 5.02. The lowest BCUT2D eigenvalue weighted by Gasteiger charge is -1.89. The lowest BCUT2D eigenvalue weighted by atomic mass is 10.2. The predicted molar refractivity (Wildman–Crippen MR) is 54.7 cm³/mol. The Morgan fingerprint density at radius 2 is 2.23 bits per heavy atom. The van der Waals surface area contributed by atoms with Crippen molar-refractivity contribution in [2.45, 2.75) is 6.10 Å². The van der Waals surface area contributed by atoms with Crippen molar-refractivity contribution >= 4 is 26.8 Å². The monoisotopic (exact) mass is 237 g/mol. The van der Waals surface area contributed by atoms with Gasteiger partial charge in [0.2, 0.25) is 0 Å². The number of halogens is 1. The van der Waals surface area contributed by atoms with Gasteiger partial charge in [0.25, 0.3) is 0 Å². The lowest BCUT2D eigenvalue weighted by molar-refractivity contribution is 0.412. The third kappa shape index (κ3) is 1.28. The molecule has 1 fully saturated rings. The molecular formula is C10H8BrNO. The normalized spacial score (nSPS) is 20.8. The molecule has 13 heavy (non-hydrogen) atoms. The predicted octanol–water partition coefficient (Wildman–Crippen LogP) is 3.00. The van der Waals surface area contributed by atoms with E-state index in [0.29, 0.717) is 6.10 Å². The van der Waals surface area contributed by atoms with Gasteiger partial charge in [-0.1, -0.05) is 15.9 Å². The Hall–Kier alpha value is -0.800. The summed E-state index contributed by atoms with van der Waals surface area (Å²) < 4.78 is 6.32. The van der Waals surface area contributed by atoms with Crippen LogP contribution in [0.15, 0.2) is 28.7 Å². The van der Waals surface area contributed by atoms with Crippen molar-refractivity contribution in [2.24, 2.45) is 0 Å². The fourth-order valence-corrected chi connectivity index (χ4v) is 1.91. The Labute approximate surface area is 84.0 Å². The molecule has 0 amide bonds. The number of fused-ring (bicyclic) bond motifs is 1. The van der Waals surface area contributed by atoms with Crippen LogP contribution in [0.1, 0.15) is 11.8 Å². The minimum absolute atomic E-state index is 0.311. The molecule has 1 N–H and O–H groups in total. The summed E-state index contributed by atoms with van der Waals surface area (Å²) in [6, 6.07) is 8.37. The van der Waals surface area contributed by atoms with E-state index in [1.807, 2.05) is 6.07 Å². The van der Waals surface area contributed by atoms with Gasteiger partial charge < -0.3 is 9.72 Å². The molecule has 0 aliphatic carbocycles. The van der Waals surface area contributed by atoms with Crippen LogP contribution in [0.3, 0.4) is 0 Å². The smallest absolute Gasteiger partial charge is 0.121 e. The molecule has 1 aromatic heterocycles. The van der Waals surface area contributed by atoms with Crippen molar-refractivity contribution in [1.29, 1.82) is 0 Å². The van der Waals surface area contributed by atoms with E-state index >= 15 is 0 Å². The highest BCUT2D eigenvalue weighted by molar-refractivity contribution is 9.10. The Bertz CT molecular complexity index is 459. The number of aromatic amines is 1. The van der Waals surface area contributed by atoms with Crippen LogP contribution in [0.5, 0.6) is 0 Å². The quantitative estimate of drug-likeness (QED) is 0.760. The second-order valence-corrected chi connectivity index (χ2v) is 4.19. The van der Waals surface area contributed by atoms with E-state index in [-0.39, 0.29) is 0 Å². The highest BCUT2D eigenvalue weighted by atomic mass is 79.9. The number of nitrogens with one attached hydrogen (secondary N) is 1. The van der Waals surface area contributed by atoms with Gasteiger partial charge in [0.15, 0.2) is 0 Å². The van der Waals surface area contributed by atoms with Crippen molar-refractivity contribution in [1.82, 2.24) is 4.98 Å². The summed E-state index contributed by atoms with van der Waals surface area (Å²) >= 11 is 3.45. The summed E-state index contributed by atoms with van der Waals surface area (Å²) in [7, 11) is 0. The number of rotatable bonds is 1. The second kappa shape index (κ2) is 2.59. The zero-order valence-electron chi connectivity index (χ0n) is 6.88. The zero-order valence-corrected chi connectivity index (χ0v) is 8.47. The number of aromatic nitrogens is 1. The molecule has 1 saturated heterocycles. The van der Waals surface area contributed by atoms with Crippen LogP contribution in [0.25, 0.3) is 10.9 Å². The van der Waals surface area contributed by atoms with Crippen molar-refractivity contribution in [3.8, 4) is 0 Å². The molecular weight excluding hydrogens is 230 g/mol. The maximum absolute atomic E-state index is 5.21. The van der Waals surface area contributed by atoms with E-state index in [9.17, 15) is 0 Å². The number of epoxide rings is 1. The molecule has 1 atom stereocenters. The zero-order chi connectivity index (χ0) is 8.84.